The van der Waals surface area contributed by atoms with Gasteiger partial charge in [-0.3, -0.25) is 14.5 Å². The number of carbonyl (C=O) groups excluding carboxylic acids is 2. The number of hydrogen-bond acceptors (Lipinski definition) is 5. The minimum Gasteiger partial charge on any atom is -0.353 e. The molecule has 1 saturated heterocycles. The largest absolute Gasteiger partial charge is 0.417 e. The van der Waals surface area contributed by atoms with Crippen molar-refractivity contribution in [3.05, 3.63) is 35.7 Å². The van der Waals surface area contributed by atoms with E-state index in [4.69, 9.17) is 0 Å². The lowest BCUT2D eigenvalue weighted by Crippen LogP contribution is -2.47. The molecule has 13 heteroatoms. The van der Waals surface area contributed by atoms with Crippen molar-refractivity contribution in [1.29, 1.82) is 0 Å². The predicted octanol–water partition coefficient (Wildman–Crippen LogP) is 5.36. The fraction of sp³-hybridized carbons (Fsp3) is 0.655. The second kappa shape index (κ2) is 12.6. The fourth-order valence-corrected chi connectivity index (χ4v) is 6.05. The molecular weight excluding hydrogens is 559 g/mol. The van der Waals surface area contributed by atoms with Gasteiger partial charge in [-0.2, -0.15) is 13.2 Å². The molecule has 1 atom stereocenters. The molecule has 8 nitrogen and oxygen atoms in total. The second-order valence-electron chi connectivity index (χ2n) is 11.8. The van der Waals surface area contributed by atoms with E-state index in [1.165, 1.54) is 22.9 Å². The maximum atomic E-state index is 14.0. The van der Waals surface area contributed by atoms with Gasteiger partial charge in [0.1, 0.15) is 0 Å². The molecule has 230 valence electrons. The van der Waals surface area contributed by atoms with Gasteiger partial charge in [0, 0.05) is 37.0 Å². The van der Waals surface area contributed by atoms with Crippen LogP contribution in [0.2, 0.25) is 0 Å². The molecule has 2 aromatic rings. The third-order valence-electron chi connectivity index (χ3n) is 8.48. The minimum absolute atomic E-state index is 0.0326. The first-order chi connectivity index (χ1) is 20.0. The molecule has 1 unspecified atom stereocenters. The Bertz CT molecular complexity index is 1260. The highest BCUT2D eigenvalue weighted by molar-refractivity contribution is 5.91. The summed E-state index contributed by atoms with van der Waals surface area (Å²) in [5.74, 6) is -4.07. The molecular formula is C29H37F5N6O2. The molecule has 3 aliphatic rings. The van der Waals surface area contributed by atoms with E-state index in [-0.39, 0.29) is 67.6 Å². The lowest BCUT2D eigenvalue weighted by molar-refractivity contribution is -0.137. The molecule has 1 aromatic carbocycles. The number of nitrogens with zero attached hydrogens (tertiary/aromatic N) is 4. The topological polar surface area (TPSA) is 92.2 Å². The summed E-state index contributed by atoms with van der Waals surface area (Å²) in [5.41, 5.74) is -1.03. The van der Waals surface area contributed by atoms with E-state index in [1.54, 1.807) is 4.90 Å². The third-order valence-corrected chi connectivity index (χ3v) is 8.48. The van der Waals surface area contributed by atoms with Gasteiger partial charge in [-0.15, -0.1) is 5.10 Å². The summed E-state index contributed by atoms with van der Waals surface area (Å²) in [6, 6.07) is 4.28. The van der Waals surface area contributed by atoms with Crippen molar-refractivity contribution in [2.45, 2.75) is 101 Å². The van der Waals surface area contributed by atoms with Crippen LogP contribution in [-0.2, 0) is 11.0 Å². The Morgan fingerprint density at radius 3 is 2.45 bits per heavy atom. The van der Waals surface area contributed by atoms with Crippen LogP contribution in [0.1, 0.15) is 92.9 Å². The highest BCUT2D eigenvalue weighted by atomic mass is 19.4. The van der Waals surface area contributed by atoms with Crippen LogP contribution in [-0.4, -0.2) is 69.1 Å². The van der Waals surface area contributed by atoms with Gasteiger partial charge in [0.25, 0.3) is 11.8 Å². The van der Waals surface area contributed by atoms with Crippen LogP contribution in [0.3, 0.4) is 0 Å². The number of halogens is 5. The summed E-state index contributed by atoms with van der Waals surface area (Å²) < 4.78 is 71.0. The smallest absolute Gasteiger partial charge is 0.353 e. The fourth-order valence-electron chi connectivity index (χ4n) is 6.05. The van der Waals surface area contributed by atoms with Crippen molar-refractivity contribution in [3.8, 4) is 11.4 Å². The van der Waals surface area contributed by atoms with Gasteiger partial charge in [-0.1, -0.05) is 31.0 Å². The molecule has 2 N–H and O–H groups in total. The monoisotopic (exact) mass is 596 g/mol. The molecule has 1 aliphatic heterocycles. The molecule has 0 radical (unpaired) electrons. The molecule has 0 spiro atoms. The Balaban J connectivity index is 1.37. The molecule has 2 saturated carbocycles. The van der Waals surface area contributed by atoms with Crippen LogP contribution in [0, 0.1) is 0 Å². The van der Waals surface area contributed by atoms with E-state index in [9.17, 15) is 31.5 Å². The molecule has 3 fully saturated rings. The molecule has 2 aliphatic carbocycles. The quantitative estimate of drug-likeness (QED) is 0.361. The highest BCUT2D eigenvalue weighted by Crippen LogP contribution is 2.39. The first kappa shape index (κ1) is 30.4. The number of nitrogens with one attached hydrogen (secondary N) is 2. The summed E-state index contributed by atoms with van der Waals surface area (Å²) in [6.07, 6.45) is 1.74. The molecule has 5 rings (SSSR count). The van der Waals surface area contributed by atoms with Crippen molar-refractivity contribution in [1.82, 2.24) is 30.3 Å². The summed E-state index contributed by atoms with van der Waals surface area (Å²) in [6.45, 7) is 0.377. The summed E-state index contributed by atoms with van der Waals surface area (Å²) >= 11 is 0. The Labute approximate surface area is 241 Å². The average molecular weight is 597 g/mol. The van der Waals surface area contributed by atoms with Crippen LogP contribution >= 0.6 is 0 Å². The number of rotatable bonds is 10. The third kappa shape index (κ3) is 7.45. The minimum atomic E-state index is -4.63. The Morgan fingerprint density at radius 2 is 1.79 bits per heavy atom. The van der Waals surface area contributed by atoms with Crippen LogP contribution in [0.5, 0.6) is 0 Å². The van der Waals surface area contributed by atoms with Crippen molar-refractivity contribution >= 4 is 11.8 Å². The first-order valence-electron chi connectivity index (χ1n) is 14.8. The number of hydrogen-bond donors (Lipinski definition) is 2. The van der Waals surface area contributed by atoms with Crippen LogP contribution in [0.25, 0.3) is 11.4 Å². The van der Waals surface area contributed by atoms with Crippen LogP contribution < -0.4 is 10.6 Å². The zero-order chi connectivity index (χ0) is 29.9. The summed E-state index contributed by atoms with van der Waals surface area (Å²) in [4.78, 5) is 32.1. The van der Waals surface area contributed by atoms with Crippen LogP contribution in [0.15, 0.2) is 24.3 Å². The van der Waals surface area contributed by atoms with E-state index in [1.807, 2.05) is 0 Å². The average Bonchev–Trinajstić information content (AvgIpc) is 3.59. The summed E-state index contributed by atoms with van der Waals surface area (Å²) in [7, 11) is 0. The number of amides is 2. The van der Waals surface area contributed by atoms with E-state index in [2.05, 4.69) is 20.7 Å². The number of benzene rings is 1. The van der Waals surface area contributed by atoms with Crippen molar-refractivity contribution in [2.24, 2.45) is 0 Å². The molecule has 1 aromatic heterocycles. The Hall–Kier alpha value is -3.09. The van der Waals surface area contributed by atoms with E-state index in [0.717, 1.165) is 38.2 Å². The zero-order valence-corrected chi connectivity index (χ0v) is 23.4. The van der Waals surface area contributed by atoms with Crippen molar-refractivity contribution < 1.29 is 31.5 Å². The van der Waals surface area contributed by atoms with Gasteiger partial charge in [-0.05, 0) is 57.6 Å². The van der Waals surface area contributed by atoms with Gasteiger partial charge in [0.15, 0.2) is 5.82 Å². The van der Waals surface area contributed by atoms with Crippen molar-refractivity contribution in [2.75, 3.05) is 19.6 Å². The van der Waals surface area contributed by atoms with Gasteiger partial charge in [0.05, 0.1) is 18.2 Å². The Kier molecular flexibility index (Phi) is 9.14. The number of carbonyl (C=O) groups is 2. The molecule has 2 heterocycles. The SMILES string of the molecule is O=C(CC(CCN1CCCC(F)(F)C1)NC(=O)c1nc(-c2ccccc2C(F)(F)F)n(C2CCCC2)n1)NC1CCC1. The normalized spacial score (nSPS) is 20.7. The predicted molar refractivity (Wildman–Crippen MR) is 145 cm³/mol. The summed E-state index contributed by atoms with van der Waals surface area (Å²) in [5, 5.41) is 10.1. The standard InChI is InChI=1S/C29H37F5N6O2/c30-28(31)14-6-15-39(18-28)16-13-20(17-24(41)35-19-7-5-8-19)36-27(42)25-37-26(40(38-25)21-9-1-2-10-21)22-11-3-4-12-23(22)29(32,33)34/h3-4,11-12,19-21H,1-2,5-10,13-18H2,(H,35,41)(H,36,42). The van der Waals surface area contributed by atoms with Crippen molar-refractivity contribution in [3.63, 3.8) is 0 Å². The Morgan fingerprint density at radius 1 is 1.05 bits per heavy atom. The van der Waals surface area contributed by atoms with Crippen LogP contribution in [0.4, 0.5) is 22.0 Å². The number of alkyl halides is 5. The van der Waals surface area contributed by atoms with E-state index >= 15 is 0 Å². The van der Waals surface area contributed by atoms with Gasteiger partial charge in [0.2, 0.25) is 11.7 Å². The highest BCUT2D eigenvalue weighted by Gasteiger charge is 2.37. The van der Waals surface area contributed by atoms with Gasteiger partial charge in [-0.25, -0.2) is 18.4 Å². The molecule has 2 amide bonds. The number of piperidine rings is 1. The van der Waals surface area contributed by atoms with Gasteiger partial charge < -0.3 is 10.6 Å². The second-order valence-corrected chi connectivity index (χ2v) is 11.8. The zero-order valence-electron chi connectivity index (χ0n) is 23.4. The number of aromatic nitrogens is 3. The van der Waals surface area contributed by atoms with Gasteiger partial charge >= 0.3 is 6.18 Å². The molecule has 42 heavy (non-hydrogen) atoms. The maximum absolute atomic E-state index is 14.0. The van der Waals surface area contributed by atoms with E-state index < -0.39 is 29.6 Å². The number of likely N-dealkylation sites (tertiary alicyclic amines) is 1. The lowest BCUT2D eigenvalue weighted by Gasteiger charge is -2.33. The lowest BCUT2D eigenvalue weighted by atomic mass is 9.93. The maximum Gasteiger partial charge on any atom is 0.417 e. The first-order valence-corrected chi connectivity index (χ1v) is 14.8. The molecule has 0 bridgehead atoms. The van der Waals surface area contributed by atoms with E-state index in [0.29, 0.717) is 25.8 Å².